The van der Waals surface area contributed by atoms with E-state index in [9.17, 15) is 4.79 Å². The van der Waals surface area contributed by atoms with Gasteiger partial charge < -0.3 is 9.88 Å². The number of carbonyl (C=O) groups is 1. The van der Waals surface area contributed by atoms with Crippen LogP contribution in [0, 0.1) is 0 Å². The van der Waals surface area contributed by atoms with Crippen LogP contribution in [0.4, 0.5) is 0 Å². The minimum Gasteiger partial charge on any atom is -0.352 e. The fourth-order valence-electron chi connectivity index (χ4n) is 3.78. The summed E-state index contributed by atoms with van der Waals surface area (Å²) in [6.07, 6.45) is 0.664. The highest BCUT2D eigenvalue weighted by Gasteiger charge is 2.15. The van der Waals surface area contributed by atoms with Crippen LogP contribution in [0.2, 0.25) is 0 Å². The molecule has 1 aromatic heterocycles. The van der Waals surface area contributed by atoms with E-state index in [4.69, 9.17) is 4.98 Å². The number of hydrogen-bond donors (Lipinski definition) is 1. The van der Waals surface area contributed by atoms with E-state index >= 15 is 0 Å². The number of nitrogens with one attached hydrogen (secondary N) is 1. The highest BCUT2D eigenvalue weighted by molar-refractivity contribution is 9.10. The fourth-order valence-corrected chi connectivity index (χ4v) is 4.04. The molecule has 164 valence electrons. The van der Waals surface area contributed by atoms with Crippen molar-refractivity contribution < 1.29 is 4.79 Å². The molecule has 0 bridgehead atoms. The zero-order chi connectivity index (χ0) is 22.7. The van der Waals surface area contributed by atoms with E-state index in [0.29, 0.717) is 18.5 Å². The van der Waals surface area contributed by atoms with Crippen LogP contribution in [0.3, 0.4) is 0 Å². The van der Waals surface area contributed by atoms with Gasteiger partial charge in [0.25, 0.3) is 5.91 Å². The Morgan fingerprint density at radius 3 is 2.34 bits per heavy atom. The number of benzene rings is 3. The van der Waals surface area contributed by atoms with Gasteiger partial charge >= 0.3 is 0 Å². The maximum atomic E-state index is 12.5. The minimum atomic E-state index is -0.0714. The number of nitrogens with zero attached hydrogens (tertiary/aromatic N) is 2. The quantitative estimate of drug-likeness (QED) is 0.354. The van der Waals surface area contributed by atoms with Crippen LogP contribution in [0.1, 0.15) is 48.1 Å². The van der Waals surface area contributed by atoms with Crippen molar-refractivity contribution in [2.45, 2.75) is 39.2 Å². The van der Waals surface area contributed by atoms with E-state index in [1.54, 1.807) is 0 Å². The Morgan fingerprint density at radius 2 is 1.66 bits per heavy atom. The molecule has 0 atom stereocenters. The molecular formula is C27H28BrN3O. The number of rotatable bonds is 6. The number of hydrogen-bond acceptors (Lipinski definition) is 2. The van der Waals surface area contributed by atoms with Crippen LogP contribution in [0.5, 0.6) is 0 Å². The molecule has 4 nitrogen and oxygen atoms in total. The number of aromatic nitrogens is 2. The molecule has 4 rings (SSSR count). The zero-order valence-corrected chi connectivity index (χ0v) is 20.3. The van der Waals surface area contributed by atoms with Crippen LogP contribution in [0.25, 0.3) is 11.0 Å². The molecular weight excluding hydrogens is 462 g/mol. The van der Waals surface area contributed by atoms with Gasteiger partial charge in [-0.15, -0.1) is 0 Å². The van der Waals surface area contributed by atoms with Gasteiger partial charge in [-0.3, -0.25) is 4.79 Å². The second kappa shape index (κ2) is 9.29. The molecule has 32 heavy (non-hydrogen) atoms. The summed E-state index contributed by atoms with van der Waals surface area (Å²) in [5.74, 6) is 0.903. The summed E-state index contributed by atoms with van der Waals surface area (Å²) in [6, 6.07) is 24.4. The Balaban J connectivity index is 1.51. The molecule has 0 saturated heterocycles. The third-order valence-corrected chi connectivity index (χ3v) is 6.16. The van der Waals surface area contributed by atoms with E-state index in [-0.39, 0.29) is 11.3 Å². The van der Waals surface area contributed by atoms with Gasteiger partial charge in [0.15, 0.2) is 0 Å². The number of amides is 1. The predicted octanol–water partition coefficient (Wildman–Crippen LogP) is 6.12. The van der Waals surface area contributed by atoms with Crippen molar-refractivity contribution in [1.29, 1.82) is 0 Å². The Labute approximate surface area is 197 Å². The maximum Gasteiger partial charge on any atom is 0.251 e. The van der Waals surface area contributed by atoms with Gasteiger partial charge in [-0.2, -0.15) is 0 Å². The van der Waals surface area contributed by atoms with E-state index in [0.717, 1.165) is 27.9 Å². The molecule has 0 spiro atoms. The second-order valence-electron chi connectivity index (χ2n) is 9.06. The first-order chi connectivity index (χ1) is 15.3. The highest BCUT2D eigenvalue weighted by Crippen LogP contribution is 2.24. The van der Waals surface area contributed by atoms with Crippen molar-refractivity contribution in [3.63, 3.8) is 0 Å². The van der Waals surface area contributed by atoms with Crippen LogP contribution >= 0.6 is 15.9 Å². The highest BCUT2D eigenvalue weighted by atomic mass is 79.9. The molecule has 5 heteroatoms. The summed E-state index contributed by atoms with van der Waals surface area (Å²) >= 11 is 3.40. The first-order valence-corrected chi connectivity index (χ1v) is 11.7. The molecule has 0 aliphatic rings. The molecule has 0 aliphatic carbocycles. The monoisotopic (exact) mass is 489 g/mol. The van der Waals surface area contributed by atoms with Crippen molar-refractivity contribution in [2.24, 2.45) is 0 Å². The summed E-state index contributed by atoms with van der Waals surface area (Å²) in [7, 11) is 0. The van der Waals surface area contributed by atoms with Gasteiger partial charge in [0.1, 0.15) is 5.82 Å². The third-order valence-electron chi connectivity index (χ3n) is 5.63. The lowest BCUT2D eigenvalue weighted by Gasteiger charge is -2.19. The summed E-state index contributed by atoms with van der Waals surface area (Å²) < 4.78 is 3.21. The Kier molecular flexibility index (Phi) is 6.47. The summed E-state index contributed by atoms with van der Waals surface area (Å²) in [6.45, 7) is 7.96. The van der Waals surface area contributed by atoms with Gasteiger partial charge in [-0.05, 0) is 52.9 Å². The van der Waals surface area contributed by atoms with Crippen LogP contribution < -0.4 is 5.32 Å². The molecule has 1 N–H and O–H groups in total. The average Bonchev–Trinajstić information content (AvgIpc) is 3.11. The van der Waals surface area contributed by atoms with E-state index in [1.165, 1.54) is 11.1 Å². The van der Waals surface area contributed by atoms with Crippen molar-refractivity contribution in [1.82, 2.24) is 14.9 Å². The van der Waals surface area contributed by atoms with Crippen molar-refractivity contribution in [2.75, 3.05) is 6.54 Å². The van der Waals surface area contributed by atoms with Crippen molar-refractivity contribution in [3.8, 4) is 0 Å². The smallest absolute Gasteiger partial charge is 0.251 e. The normalized spacial score (nSPS) is 11.6. The Hall–Kier alpha value is -2.92. The number of halogens is 1. The molecule has 0 fully saturated rings. The fraction of sp³-hybridized carbons (Fsp3) is 0.259. The number of fused-ring (bicyclic) bond motifs is 1. The summed E-state index contributed by atoms with van der Waals surface area (Å²) in [5, 5.41) is 3.02. The molecule has 1 heterocycles. The Morgan fingerprint density at radius 1 is 0.969 bits per heavy atom. The van der Waals surface area contributed by atoms with Crippen molar-refractivity contribution in [3.05, 3.63) is 99.8 Å². The third kappa shape index (κ3) is 5.10. The topological polar surface area (TPSA) is 46.9 Å². The minimum absolute atomic E-state index is 0.0714. The summed E-state index contributed by atoms with van der Waals surface area (Å²) in [4.78, 5) is 17.3. The zero-order valence-electron chi connectivity index (χ0n) is 18.7. The van der Waals surface area contributed by atoms with Gasteiger partial charge in [-0.1, -0.05) is 73.1 Å². The van der Waals surface area contributed by atoms with Gasteiger partial charge in [0.2, 0.25) is 0 Å². The lowest BCUT2D eigenvalue weighted by Crippen LogP contribution is -2.26. The molecule has 0 unspecified atom stereocenters. The standard InChI is InChI=1S/C27H28BrN3O/c1-27(2,3)21-12-8-19(9-13-21)18-31-24-7-5-4-6-23(24)30-25(31)16-17-29-26(32)20-10-14-22(28)15-11-20/h4-15H,16-18H2,1-3H3,(H,29,32). The van der Waals surface area contributed by atoms with Crippen LogP contribution in [-0.2, 0) is 18.4 Å². The van der Waals surface area contributed by atoms with Crippen molar-refractivity contribution >= 4 is 32.9 Å². The second-order valence-corrected chi connectivity index (χ2v) is 9.98. The van der Waals surface area contributed by atoms with E-state index < -0.39 is 0 Å². The maximum absolute atomic E-state index is 12.5. The SMILES string of the molecule is CC(C)(C)c1ccc(Cn2c(CCNC(=O)c3ccc(Br)cc3)nc3ccccc32)cc1. The van der Waals surface area contributed by atoms with Crippen LogP contribution in [0.15, 0.2) is 77.3 Å². The molecule has 0 aliphatic heterocycles. The lowest BCUT2D eigenvalue weighted by atomic mass is 9.87. The lowest BCUT2D eigenvalue weighted by molar-refractivity contribution is 0.0954. The average molecular weight is 490 g/mol. The number of para-hydroxylation sites is 2. The first kappa shape index (κ1) is 22.3. The molecule has 4 aromatic rings. The summed E-state index contributed by atoms with van der Waals surface area (Å²) in [5.41, 5.74) is 5.45. The predicted molar refractivity (Wildman–Crippen MR) is 134 cm³/mol. The number of carbonyl (C=O) groups excluding carboxylic acids is 1. The van der Waals surface area contributed by atoms with Crippen LogP contribution in [-0.4, -0.2) is 22.0 Å². The molecule has 0 radical (unpaired) electrons. The van der Waals surface area contributed by atoms with Gasteiger partial charge in [0.05, 0.1) is 11.0 Å². The van der Waals surface area contributed by atoms with Gasteiger partial charge in [-0.25, -0.2) is 4.98 Å². The molecule has 1 amide bonds. The Bertz CT molecular complexity index is 1220. The molecule has 0 saturated carbocycles. The van der Waals surface area contributed by atoms with Gasteiger partial charge in [0, 0.05) is 29.5 Å². The van der Waals surface area contributed by atoms with E-state index in [2.05, 4.69) is 76.9 Å². The first-order valence-electron chi connectivity index (χ1n) is 10.9. The molecule has 3 aromatic carbocycles. The van der Waals surface area contributed by atoms with E-state index in [1.807, 2.05) is 42.5 Å². The number of imidazole rings is 1. The largest absolute Gasteiger partial charge is 0.352 e.